The first-order valence-electron chi connectivity index (χ1n) is 8.05. The first-order valence-corrected chi connectivity index (χ1v) is 8.84. The van der Waals surface area contributed by atoms with Crippen LogP contribution in [0, 0.1) is 5.92 Å². The van der Waals surface area contributed by atoms with Crippen LogP contribution >= 0.6 is 15.9 Å². The molecule has 0 radical (unpaired) electrons. The summed E-state index contributed by atoms with van der Waals surface area (Å²) in [5, 5.41) is 16.1. The van der Waals surface area contributed by atoms with Gasteiger partial charge in [-0.15, -0.1) is 0 Å². The average Bonchev–Trinajstić information content (AvgIpc) is 3.15. The fourth-order valence-electron chi connectivity index (χ4n) is 3.71. The Balaban J connectivity index is 1.72. The quantitative estimate of drug-likeness (QED) is 0.763. The zero-order valence-electron chi connectivity index (χ0n) is 12.6. The van der Waals surface area contributed by atoms with Gasteiger partial charge in [0.2, 0.25) is 5.91 Å². The van der Waals surface area contributed by atoms with E-state index in [0.29, 0.717) is 13.1 Å². The van der Waals surface area contributed by atoms with E-state index < -0.39 is 5.41 Å². The van der Waals surface area contributed by atoms with Crippen molar-refractivity contribution in [2.24, 2.45) is 5.92 Å². The third-order valence-electron chi connectivity index (χ3n) is 5.12. The second kappa shape index (κ2) is 6.69. The minimum Gasteiger partial charge on any atom is -0.391 e. The lowest BCUT2D eigenvalue weighted by Gasteiger charge is -2.29. The fraction of sp³-hybridized carbons (Fsp3) is 0.588. The van der Waals surface area contributed by atoms with Crippen molar-refractivity contribution < 1.29 is 9.90 Å². The Morgan fingerprint density at radius 1 is 1.27 bits per heavy atom. The Hall–Kier alpha value is -0.910. The van der Waals surface area contributed by atoms with Gasteiger partial charge in [0.15, 0.2) is 0 Å². The van der Waals surface area contributed by atoms with Crippen molar-refractivity contribution in [3.8, 4) is 0 Å². The minimum atomic E-state index is -0.391. The first kappa shape index (κ1) is 16.0. The smallest absolute Gasteiger partial charge is 0.230 e. The molecule has 4 nitrogen and oxygen atoms in total. The first-order chi connectivity index (χ1) is 10.6. The van der Waals surface area contributed by atoms with E-state index in [1.807, 2.05) is 12.1 Å². The van der Waals surface area contributed by atoms with Crippen molar-refractivity contribution in [3.63, 3.8) is 0 Å². The van der Waals surface area contributed by atoms with Gasteiger partial charge in [-0.3, -0.25) is 4.79 Å². The lowest BCUT2D eigenvalue weighted by Crippen LogP contribution is -2.45. The van der Waals surface area contributed by atoms with E-state index in [4.69, 9.17) is 0 Å². The summed E-state index contributed by atoms with van der Waals surface area (Å²) in [7, 11) is 0. The number of rotatable bonds is 4. The predicted molar refractivity (Wildman–Crippen MR) is 89.7 cm³/mol. The number of carbonyl (C=O) groups excluding carboxylic acids is 1. The van der Waals surface area contributed by atoms with Crippen molar-refractivity contribution in [1.29, 1.82) is 0 Å². The molecule has 2 fully saturated rings. The molecule has 3 N–H and O–H groups in total. The van der Waals surface area contributed by atoms with Gasteiger partial charge in [0.1, 0.15) is 0 Å². The number of amides is 1. The second-order valence-electron chi connectivity index (χ2n) is 6.49. The molecule has 1 heterocycles. The largest absolute Gasteiger partial charge is 0.391 e. The lowest BCUT2D eigenvalue weighted by atomic mass is 9.78. The summed E-state index contributed by atoms with van der Waals surface area (Å²) in [6.07, 6.45) is 3.65. The number of hydrogen-bond donors (Lipinski definition) is 3. The van der Waals surface area contributed by atoms with Gasteiger partial charge in [-0.1, -0.05) is 40.9 Å². The molecule has 0 aromatic heterocycles. The molecule has 3 rings (SSSR count). The minimum absolute atomic E-state index is 0.117. The Labute approximate surface area is 139 Å². The van der Waals surface area contributed by atoms with Gasteiger partial charge in [-0.25, -0.2) is 0 Å². The maximum Gasteiger partial charge on any atom is 0.230 e. The zero-order valence-corrected chi connectivity index (χ0v) is 14.2. The molecule has 1 saturated carbocycles. The Bertz CT molecular complexity index is 526. The molecule has 1 amide bonds. The molecular formula is C17H23BrN2O2. The van der Waals surface area contributed by atoms with Crippen LogP contribution in [0.25, 0.3) is 0 Å². The highest BCUT2D eigenvalue weighted by Crippen LogP contribution is 2.41. The molecule has 0 spiro atoms. The summed E-state index contributed by atoms with van der Waals surface area (Å²) in [6.45, 7) is 1.94. The highest BCUT2D eigenvalue weighted by atomic mass is 79.9. The van der Waals surface area contributed by atoms with Gasteiger partial charge >= 0.3 is 0 Å². The van der Waals surface area contributed by atoms with Gasteiger partial charge in [-0.05, 0) is 30.5 Å². The van der Waals surface area contributed by atoms with E-state index in [2.05, 4.69) is 38.7 Å². The van der Waals surface area contributed by atoms with Gasteiger partial charge in [0.25, 0.3) is 0 Å². The van der Waals surface area contributed by atoms with Crippen molar-refractivity contribution >= 4 is 21.8 Å². The molecular weight excluding hydrogens is 344 g/mol. The number of aliphatic hydroxyl groups excluding tert-OH is 1. The van der Waals surface area contributed by atoms with Crippen molar-refractivity contribution in [3.05, 3.63) is 34.3 Å². The summed E-state index contributed by atoms with van der Waals surface area (Å²) >= 11 is 3.46. The van der Waals surface area contributed by atoms with Crippen LogP contribution in [0.4, 0.5) is 0 Å². The zero-order chi connectivity index (χ0) is 15.6. The topological polar surface area (TPSA) is 61.4 Å². The standard InChI is InChI=1S/C17H23BrN2O2/c18-14-5-3-13(4-6-14)17(7-1-2-8-17)16(22)20-10-12-9-19-11-15(12)21/h3-6,12,15,19,21H,1-2,7-11H2,(H,20,22). The molecule has 5 heteroatoms. The molecule has 2 unspecified atom stereocenters. The number of hydrogen-bond acceptors (Lipinski definition) is 3. The van der Waals surface area contributed by atoms with Crippen LogP contribution in [0.5, 0.6) is 0 Å². The van der Waals surface area contributed by atoms with E-state index in [-0.39, 0.29) is 17.9 Å². The van der Waals surface area contributed by atoms with Crippen LogP contribution in [-0.2, 0) is 10.2 Å². The fourth-order valence-corrected chi connectivity index (χ4v) is 3.98. The third kappa shape index (κ3) is 3.07. The molecule has 120 valence electrons. The van der Waals surface area contributed by atoms with Crippen LogP contribution in [0.1, 0.15) is 31.2 Å². The van der Waals surface area contributed by atoms with E-state index >= 15 is 0 Å². The van der Waals surface area contributed by atoms with Gasteiger partial charge in [0.05, 0.1) is 11.5 Å². The van der Waals surface area contributed by atoms with E-state index in [0.717, 1.165) is 42.3 Å². The molecule has 2 atom stereocenters. The number of carbonyl (C=O) groups is 1. The van der Waals surface area contributed by atoms with Crippen LogP contribution in [0.15, 0.2) is 28.7 Å². The summed E-state index contributed by atoms with van der Waals surface area (Å²) in [5.41, 5.74) is 0.716. The van der Waals surface area contributed by atoms with Crippen LogP contribution in [-0.4, -0.2) is 36.8 Å². The molecule has 1 aliphatic heterocycles. The molecule has 0 bridgehead atoms. The summed E-state index contributed by atoms with van der Waals surface area (Å²) in [6, 6.07) is 8.13. The molecule has 1 aromatic rings. The summed E-state index contributed by atoms with van der Waals surface area (Å²) < 4.78 is 1.03. The summed E-state index contributed by atoms with van der Waals surface area (Å²) in [4.78, 5) is 12.9. The number of β-amino-alcohol motifs (C(OH)–C–C–N with tert-alkyl or cyclic N) is 1. The van der Waals surface area contributed by atoms with Crippen molar-refractivity contribution in [2.45, 2.75) is 37.2 Å². The number of benzene rings is 1. The molecule has 22 heavy (non-hydrogen) atoms. The number of nitrogens with one attached hydrogen (secondary N) is 2. The number of halogens is 1. The van der Waals surface area contributed by atoms with Crippen molar-refractivity contribution in [1.82, 2.24) is 10.6 Å². The predicted octanol–water partition coefficient (Wildman–Crippen LogP) is 1.96. The van der Waals surface area contributed by atoms with Crippen LogP contribution in [0.3, 0.4) is 0 Å². The number of aliphatic hydroxyl groups is 1. The molecule has 1 aromatic carbocycles. The van der Waals surface area contributed by atoms with Crippen LogP contribution in [0.2, 0.25) is 0 Å². The van der Waals surface area contributed by atoms with E-state index in [9.17, 15) is 9.90 Å². The lowest BCUT2D eigenvalue weighted by molar-refractivity contribution is -0.126. The van der Waals surface area contributed by atoms with E-state index in [1.54, 1.807) is 0 Å². The highest BCUT2D eigenvalue weighted by Gasteiger charge is 2.42. The third-order valence-corrected chi connectivity index (χ3v) is 5.65. The highest BCUT2D eigenvalue weighted by molar-refractivity contribution is 9.10. The Morgan fingerprint density at radius 2 is 1.95 bits per heavy atom. The Morgan fingerprint density at radius 3 is 2.55 bits per heavy atom. The normalized spacial score (nSPS) is 27.0. The van der Waals surface area contributed by atoms with Gasteiger partial charge in [0, 0.05) is 30.0 Å². The maximum atomic E-state index is 12.9. The van der Waals surface area contributed by atoms with Crippen molar-refractivity contribution in [2.75, 3.05) is 19.6 Å². The SMILES string of the molecule is O=C(NCC1CNCC1O)C1(c2ccc(Br)cc2)CCCC1. The van der Waals surface area contributed by atoms with Gasteiger partial charge in [-0.2, -0.15) is 0 Å². The second-order valence-corrected chi connectivity index (χ2v) is 7.41. The molecule has 2 aliphatic rings. The average molecular weight is 367 g/mol. The molecule has 1 aliphatic carbocycles. The maximum absolute atomic E-state index is 12.9. The molecule has 1 saturated heterocycles. The Kier molecular flexibility index (Phi) is 4.85. The van der Waals surface area contributed by atoms with E-state index in [1.165, 1.54) is 0 Å². The van der Waals surface area contributed by atoms with Crippen LogP contribution < -0.4 is 10.6 Å². The monoisotopic (exact) mass is 366 g/mol. The van der Waals surface area contributed by atoms with Gasteiger partial charge < -0.3 is 15.7 Å². The summed E-state index contributed by atoms with van der Waals surface area (Å²) in [5.74, 6) is 0.235.